The van der Waals surface area contributed by atoms with Gasteiger partial charge in [0.25, 0.3) is 11.8 Å². The maximum absolute atomic E-state index is 13.9. The molecule has 1 saturated carbocycles. The van der Waals surface area contributed by atoms with E-state index < -0.39 is 36.0 Å². The molecule has 6 rings (SSSR count). The summed E-state index contributed by atoms with van der Waals surface area (Å²) in [5.41, 5.74) is 1.02. The van der Waals surface area contributed by atoms with Crippen LogP contribution in [-0.2, 0) is 28.7 Å². The molecule has 0 bridgehead atoms. The molecule has 0 radical (unpaired) electrons. The monoisotopic (exact) mass is 750 g/mol. The summed E-state index contributed by atoms with van der Waals surface area (Å²) < 4.78 is 16.9. The van der Waals surface area contributed by atoms with Gasteiger partial charge in [0.05, 0.1) is 24.1 Å². The number of aryl methyl sites for hydroxylation is 1. The normalized spacial score (nSPS) is 20.0. The van der Waals surface area contributed by atoms with E-state index in [1.165, 1.54) is 15.9 Å². The van der Waals surface area contributed by atoms with Gasteiger partial charge >= 0.3 is 12.1 Å². The van der Waals surface area contributed by atoms with Crippen LogP contribution in [0.25, 0.3) is 10.9 Å². The van der Waals surface area contributed by atoms with Gasteiger partial charge in [-0.2, -0.15) is 0 Å². The first-order valence-electron chi connectivity index (χ1n) is 18.9. The van der Waals surface area contributed by atoms with Gasteiger partial charge in [0.1, 0.15) is 30.1 Å². The largest absolute Gasteiger partial charge is 0.483 e. The number of nitrogens with zero attached hydrogens (tertiary/aromatic N) is 4. The first-order chi connectivity index (χ1) is 25.9. The molecular weight excluding hydrogens is 700 g/mol. The fourth-order valence-electron chi connectivity index (χ4n) is 7.13. The van der Waals surface area contributed by atoms with Gasteiger partial charge in [0.15, 0.2) is 6.61 Å². The fraction of sp³-hybridized carbons (Fsp3) is 0.605. The van der Waals surface area contributed by atoms with Gasteiger partial charge in [0, 0.05) is 56.6 Å². The first kappa shape index (κ1) is 38.7. The molecular formula is C38H50N6O10. The Kier molecular flexibility index (Phi) is 12.2. The molecule has 1 aromatic carbocycles. The molecule has 5 amide bonds. The van der Waals surface area contributed by atoms with Gasteiger partial charge in [-0.05, 0) is 69.6 Å². The topological polar surface area (TPSA) is 197 Å². The molecule has 16 heteroatoms. The SMILES string of the molecule is CCC1(COC(=O)CC[C@H](NC(=O)c2cc(OCC(=O)N3CCC[C@H]3C(=O)NC3CCC3)c3ccc(C)cc3n2)C(=O)N2CCN(C(=O)O)CC2)COC1. The van der Waals surface area contributed by atoms with E-state index >= 15 is 0 Å². The second-order valence-electron chi connectivity index (χ2n) is 14.9. The standard InChI is InChI=1S/C38H50N6O10/c1-3-38(21-52-22-38)23-54-33(46)12-11-27(36(49)42-14-16-43(17-15-42)37(50)51)41-34(47)29-19-31(26-10-9-24(2)18-28(26)40-29)53-20-32(45)44-13-5-8-30(44)35(48)39-25-6-4-7-25/h9-10,18-19,25,27,30H,3-8,11-17,20-23H2,1-2H3,(H,39,48)(H,41,47)(H,50,51)/t27-,30-/m0/s1. The Morgan fingerprint density at radius 3 is 2.39 bits per heavy atom. The predicted octanol–water partition coefficient (Wildman–Crippen LogP) is 2.25. The molecule has 0 spiro atoms. The number of benzene rings is 1. The van der Waals surface area contributed by atoms with Gasteiger partial charge in [-0.25, -0.2) is 9.78 Å². The van der Waals surface area contributed by atoms with Crippen molar-refractivity contribution in [2.75, 3.05) is 59.2 Å². The van der Waals surface area contributed by atoms with E-state index in [2.05, 4.69) is 15.6 Å². The Hall–Kier alpha value is -4.99. The highest BCUT2D eigenvalue weighted by molar-refractivity contribution is 5.99. The van der Waals surface area contributed by atoms with Gasteiger partial charge in [-0.15, -0.1) is 0 Å². The van der Waals surface area contributed by atoms with E-state index in [4.69, 9.17) is 14.2 Å². The molecule has 0 unspecified atom stereocenters. The third-order valence-corrected chi connectivity index (χ3v) is 11.0. The summed E-state index contributed by atoms with van der Waals surface area (Å²) in [5, 5.41) is 15.7. The smallest absolute Gasteiger partial charge is 0.407 e. The lowest BCUT2D eigenvalue weighted by molar-refractivity contribution is -0.170. The lowest BCUT2D eigenvalue weighted by Gasteiger charge is -2.40. The van der Waals surface area contributed by atoms with Crippen LogP contribution in [0.2, 0.25) is 0 Å². The number of esters is 1. The number of amides is 5. The molecule has 3 saturated heterocycles. The van der Waals surface area contributed by atoms with Gasteiger partial charge in [0.2, 0.25) is 11.8 Å². The number of pyridine rings is 1. The number of nitrogens with one attached hydrogen (secondary N) is 2. The molecule has 16 nitrogen and oxygen atoms in total. The van der Waals surface area contributed by atoms with Crippen molar-refractivity contribution in [3.63, 3.8) is 0 Å². The molecule has 2 aromatic rings. The van der Waals surface area contributed by atoms with Crippen LogP contribution < -0.4 is 15.4 Å². The Morgan fingerprint density at radius 2 is 1.74 bits per heavy atom. The second-order valence-corrected chi connectivity index (χ2v) is 14.9. The molecule has 1 aromatic heterocycles. The molecule has 3 aliphatic heterocycles. The predicted molar refractivity (Wildman–Crippen MR) is 194 cm³/mol. The van der Waals surface area contributed by atoms with E-state index in [0.717, 1.165) is 31.2 Å². The van der Waals surface area contributed by atoms with Crippen LogP contribution in [-0.4, -0.2) is 138 Å². The maximum atomic E-state index is 13.9. The Bertz CT molecular complexity index is 1750. The Labute approximate surface area is 313 Å². The average Bonchev–Trinajstić information content (AvgIpc) is 3.63. The molecule has 2 atom stereocenters. The summed E-state index contributed by atoms with van der Waals surface area (Å²) in [4.78, 5) is 87.2. The van der Waals surface area contributed by atoms with Crippen LogP contribution in [0.3, 0.4) is 0 Å². The number of ether oxygens (including phenoxy) is 3. The number of aromatic nitrogens is 1. The summed E-state index contributed by atoms with van der Waals surface area (Å²) in [6.07, 6.45) is 3.75. The fourth-order valence-corrected chi connectivity index (χ4v) is 7.13. The second kappa shape index (κ2) is 17.0. The lowest BCUT2D eigenvalue weighted by Crippen LogP contribution is -2.55. The van der Waals surface area contributed by atoms with Crippen LogP contribution in [0.5, 0.6) is 5.75 Å². The maximum Gasteiger partial charge on any atom is 0.407 e. The number of hydrogen-bond donors (Lipinski definition) is 3. The molecule has 54 heavy (non-hydrogen) atoms. The zero-order chi connectivity index (χ0) is 38.4. The average molecular weight is 751 g/mol. The number of hydrogen-bond acceptors (Lipinski definition) is 10. The summed E-state index contributed by atoms with van der Waals surface area (Å²) in [5.74, 6) is -1.94. The van der Waals surface area contributed by atoms with E-state index in [1.54, 1.807) is 17.0 Å². The third kappa shape index (κ3) is 9.02. The van der Waals surface area contributed by atoms with Crippen molar-refractivity contribution >= 4 is 46.6 Å². The van der Waals surface area contributed by atoms with E-state index in [9.17, 15) is 33.9 Å². The number of carbonyl (C=O) groups excluding carboxylic acids is 5. The van der Waals surface area contributed by atoms with Crippen LogP contribution in [0, 0.1) is 12.3 Å². The van der Waals surface area contributed by atoms with Crippen molar-refractivity contribution < 1.29 is 48.1 Å². The minimum absolute atomic E-state index is 0.0615. The summed E-state index contributed by atoms with van der Waals surface area (Å²) >= 11 is 0. The quantitative estimate of drug-likeness (QED) is 0.240. The van der Waals surface area contributed by atoms with Crippen LogP contribution in [0.15, 0.2) is 24.3 Å². The highest BCUT2D eigenvalue weighted by Crippen LogP contribution is 2.32. The van der Waals surface area contributed by atoms with Crippen molar-refractivity contribution in [3.05, 3.63) is 35.5 Å². The first-order valence-corrected chi connectivity index (χ1v) is 18.9. The Morgan fingerprint density at radius 1 is 1.00 bits per heavy atom. The van der Waals surface area contributed by atoms with Gasteiger partial charge in [-0.3, -0.25) is 24.0 Å². The molecule has 4 fully saturated rings. The molecule has 3 N–H and O–H groups in total. The third-order valence-electron chi connectivity index (χ3n) is 11.0. The molecule has 1 aliphatic carbocycles. The number of piperazine rings is 1. The van der Waals surface area contributed by atoms with Gasteiger partial charge in [-0.1, -0.05) is 13.0 Å². The lowest BCUT2D eigenvalue weighted by atomic mass is 9.84. The van der Waals surface area contributed by atoms with E-state index in [-0.39, 0.29) is 86.9 Å². The summed E-state index contributed by atoms with van der Waals surface area (Å²) in [6, 6.07) is 5.30. The number of likely N-dealkylation sites (tertiary alicyclic amines) is 1. The van der Waals surface area contributed by atoms with E-state index in [0.29, 0.717) is 43.5 Å². The number of carbonyl (C=O) groups is 6. The summed E-state index contributed by atoms with van der Waals surface area (Å²) in [6.45, 7) is 5.63. The van der Waals surface area contributed by atoms with Crippen molar-refractivity contribution in [1.29, 1.82) is 0 Å². The van der Waals surface area contributed by atoms with E-state index in [1.807, 2.05) is 19.9 Å². The highest BCUT2D eigenvalue weighted by Gasteiger charge is 2.39. The molecule has 4 heterocycles. The van der Waals surface area contributed by atoms with Crippen LogP contribution >= 0.6 is 0 Å². The van der Waals surface area contributed by atoms with Crippen molar-refractivity contribution in [2.45, 2.75) is 83.3 Å². The molecule has 4 aliphatic rings. The minimum atomic E-state index is -1.15. The van der Waals surface area contributed by atoms with Crippen LogP contribution in [0.1, 0.15) is 74.3 Å². The number of rotatable bonds is 14. The number of carboxylic acid groups (broad SMARTS) is 1. The minimum Gasteiger partial charge on any atom is -0.483 e. The van der Waals surface area contributed by atoms with Crippen molar-refractivity contribution in [1.82, 2.24) is 30.3 Å². The van der Waals surface area contributed by atoms with Gasteiger partial charge < -0.3 is 44.7 Å². The highest BCUT2D eigenvalue weighted by atomic mass is 16.5. The van der Waals surface area contributed by atoms with Crippen molar-refractivity contribution in [3.8, 4) is 5.75 Å². The molecule has 292 valence electrons. The van der Waals surface area contributed by atoms with Crippen LogP contribution in [0.4, 0.5) is 4.79 Å². The zero-order valence-corrected chi connectivity index (χ0v) is 31.0. The number of fused-ring (bicyclic) bond motifs is 1. The summed E-state index contributed by atoms with van der Waals surface area (Å²) in [7, 11) is 0. The van der Waals surface area contributed by atoms with Crippen molar-refractivity contribution in [2.24, 2.45) is 5.41 Å². The Balaban J connectivity index is 1.16. The zero-order valence-electron chi connectivity index (χ0n) is 31.0.